The molecule has 190 valence electrons. The first kappa shape index (κ1) is 24.5. The molecular formula is C29H32N6O2. The molecule has 0 aliphatic carbocycles. The Morgan fingerprint density at radius 2 is 1.81 bits per heavy atom. The molecule has 2 aliphatic heterocycles. The number of amides is 2. The Morgan fingerprint density at radius 3 is 2.46 bits per heavy atom. The fourth-order valence-electron chi connectivity index (χ4n) is 5.10. The Balaban J connectivity index is 1.52. The smallest absolute Gasteiger partial charge is 0.267 e. The van der Waals surface area contributed by atoms with Crippen LogP contribution in [0.4, 0.5) is 22.9 Å². The lowest BCUT2D eigenvalue weighted by molar-refractivity contribution is -0.122. The highest BCUT2D eigenvalue weighted by molar-refractivity contribution is 6.43. The molecule has 8 heteroatoms. The van der Waals surface area contributed by atoms with E-state index in [4.69, 9.17) is 10.7 Å². The molecule has 3 N–H and O–H groups in total. The Hall–Kier alpha value is -4.17. The number of aromatic nitrogens is 1. The maximum absolute atomic E-state index is 13.6. The topological polar surface area (TPSA) is 94.8 Å². The van der Waals surface area contributed by atoms with E-state index in [9.17, 15) is 9.59 Å². The standard InChI is InChI=1S/C29H32N6O2/c1-19(36)35-25-17-21(30)9-11-24(25)27(29(35)37)28(20-7-5-4-6-8-20)32-22-10-12-26(31-18-22)34(3)23-13-15-33(2)16-14-23/h4-12,17-18,23,32H,13-16,30H2,1-3H3/b28-27-. The molecule has 2 aromatic carbocycles. The molecule has 0 atom stereocenters. The van der Waals surface area contributed by atoms with Crippen molar-refractivity contribution in [1.29, 1.82) is 0 Å². The summed E-state index contributed by atoms with van der Waals surface area (Å²) in [6, 6.07) is 19.3. The van der Waals surface area contributed by atoms with Crippen LogP contribution < -0.4 is 20.9 Å². The molecule has 5 rings (SSSR count). The number of pyridine rings is 1. The first-order chi connectivity index (χ1) is 17.8. The van der Waals surface area contributed by atoms with E-state index < -0.39 is 0 Å². The Bertz CT molecular complexity index is 1340. The molecule has 0 bridgehead atoms. The summed E-state index contributed by atoms with van der Waals surface area (Å²) < 4.78 is 0. The monoisotopic (exact) mass is 496 g/mol. The maximum atomic E-state index is 13.6. The molecule has 1 saturated heterocycles. The molecule has 3 heterocycles. The van der Waals surface area contributed by atoms with Crippen molar-refractivity contribution in [2.75, 3.05) is 48.0 Å². The van der Waals surface area contributed by atoms with Crippen molar-refractivity contribution < 1.29 is 9.59 Å². The van der Waals surface area contributed by atoms with Gasteiger partial charge in [-0.3, -0.25) is 9.59 Å². The second-order valence-corrected chi connectivity index (χ2v) is 9.73. The van der Waals surface area contributed by atoms with Gasteiger partial charge >= 0.3 is 0 Å². The molecule has 0 spiro atoms. The van der Waals surface area contributed by atoms with Gasteiger partial charge < -0.3 is 20.9 Å². The Labute approximate surface area is 217 Å². The molecule has 0 saturated carbocycles. The number of carbonyl (C=O) groups is 2. The third-order valence-electron chi connectivity index (χ3n) is 7.19. The predicted molar refractivity (Wildman–Crippen MR) is 149 cm³/mol. The van der Waals surface area contributed by atoms with Gasteiger partial charge in [-0.15, -0.1) is 0 Å². The van der Waals surface area contributed by atoms with Crippen LogP contribution in [0.2, 0.25) is 0 Å². The zero-order valence-corrected chi connectivity index (χ0v) is 21.4. The normalized spacial score (nSPS) is 17.5. The molecule has 8 nitrogen and oxygen atoms in total. The minimum absolute atomic E-state index is 0.359. The predicted octanol–water partition coefficient (Wildman–Crippen LogP) is 4.07. The van der Waals surface area contributed by atoms with Crippen LogP contribution in [0, 0.1) is 0 Å². The van der Waals surface area contributed by atoms with E-state index in [1.165, 1.54) is 11.8 Å². The maximum Gasteiger partial charge on any atom is 0.267 e. The molecule has 1 aromatic heterocycles. The van der Waals surface area contributed by atoms with Crippen molar-refractivity contribution >= 4 is 46.0 Å². The summed E-state index contributed by atoms with van der Waals surface area (Å²) in [5.74, 6) is 0.169. The highest BCUT2D eigenvalue weighted by Crippen LogP contribution is 2.42. The molecule has 3 aromatic rings. The van der Waals surface area contributed by atoms with Gasteiger partial charge in [-0.2, -0.15) is 0 Å². The zero-order valence-electron chi connectivity index (χ0n) is 21.4. The highest BCUT2D eigenvalue weighted by Gasteiger charge is 2.37. The van der Waals surface area contributed by atoms with Crippen LogP contribution in [-0.4, -0.2) is 54.9 Å². The van der Waals surface area contributed by atoms with Crippen LogP contribution in [0.5, 0.6) is 0 Å². The average Bonchev–Trinajstić information content (AvgIpc) is 3.19. The van der Waals surface area contributed by atoms with Gasteiger partial charge in [0.2, 0.25) is 5.91 Å². The van der Waals surface area contributed by atoms with Crippen LogP contribution in [0.3, 0.4) is 0 Å². The molecule has 1 fully saturated rings. The number of carbonyl (C=O) groups excluding carboxylic acids is 2. The van der Waals surface area contributed by atoms with E-state index in [-0.39, 0.29) is 11.8 Å². The largest absolute Gasteiger partial charge is 0.399 e. The Morgan fingerprint density at radius 1 is 1.08 bits per heavy atom. The number of likely N-dealkylation sites (tertiary alicyclic amines) is 1. The summed E-state index contributed by atoms with van der Waals surface area (Å²) in [7, 11) is 4.25. The van der Waals surface area contributed by atoms with Gasteiger partial charge in [0, 0.05) is 31.3 Å². The summed E-state index contributed by atoms with van der Waals surface area (Å²) in [4.78, 5) is 36.6. The number of piperidine rings is 1. The second kappa shape index (κ2) is 10.1. The SMILES string of the molecule is CC(=O)N1C(=O)/C(=C(\Nc2ccc(N(C)C3CCN(C)CC3)nc2)c2ccccc2)c2ccc(N)cc21. The second-order valence-electron chi connectivity index (χ2n) is 9.73. The van der Waals surface area contributed by atoms with Gasteiger partial charge in [-0.05, 0) is 68.9 Å². The molecular weight excluding hydrogens is 464 g/mol. The van der Waals surface area contributed by atoms with E-state index in [2.05, 4.69) is 29.2 Å². The van der Waals surface area contributed by atoms with Crippen LogP contribution in [-0.2, 0) is 9.59 Å². The number of hydrogen-bond acceptors (Lipinski definition) is 7. The van der Waals surface area contributed by atoms with Gasteiger partial charge in [0.25, 0.3) is 5.91 Å². The van der Waals surface area contributed by atoms with E-state index in [1.54, 1.807) is 24.4 Å². The van der Waals surface area contributed by atoms with Crippen molar-refractivity contribution in [2.45, 2.75) is 25.8 Å². The number of nitrogen functional groups attached to an aromatic ring is 1. The van der Waals surface area contributed by atoms with E-state index in [1.807, 2.05) is 42.5 Å². The number of benzene rings is 2. The van der Waals surface area contributed by atoms with Crippen LogP contribution in [0.15, 0.2) is 66.9 Å². The number of nitrogens with zero attached hydrogens (tertiary/aromatic N) is 4. The van der Waals surface area contributed by atoms with E-state index in [0.29, 0.717) is 34.3 Å². The van der Waals surface area contributed by atoms with Gasteiger partial charge in [0.05, 0.1) is 28.8 Å². The Kier molecular flexibility index (Phi) is 6.67. The number of fused-ring (bicyclic) bond motifs is 1. The average molecular weight is 497 g/mol. The van der Waals surface area contributed by atoms with Gasteiger partial charge in [0.15, 0.2) is 0 Å². The number of anilines is 4. The molecule has 0 radical (unpaired) electrons. The molecule has 37 heavy (non-hydrogen) atoms. The third-order valence-corrected chi connectivity index (χ3v) is 7.19. The first-order valence-corrected chi connectivity index (χ1v) is 12.5. The number of hydrogen-bond donors (Lipinski definition) is 2. The summed E-state index contributed by atoms with van der Waals surface area (Å²) in [6.07, 6.45) is 4.01. The minimum Gasteiger partial charge on any atom is -0.399 e. The highest BCUT2D eigenvalue weighted by atomic mass is 16.2. The fraction of sp³-hybridized carbons (Fsp3) is 0.276. The molecule has 0 unspecified atom stereocenters. The summed E-state index contributed by atoms with van der Waals surface area (Å²) in [5, 5.41) is 3.44. The number of imide groups is 1. The van der Waals surface area contributed by atoms with Gasteiger partial charge in [0.1, 0.15) is 5.82 Å². The van der Waals surface area contributed by atoms with Crippen molar-refractivity contribution in [1.82, 2.24) is 9.88 Å². The first-order valence-electron chi connectivity index (χ1n) is 12.5. The van der Waals surface area contributed by atoms with E-state index >= 15 is 0 Å². The summed E-state index contributed by atoms with van der Waals surface area (Å²) in [6.45, 7) is 3.55. The number of nitrogens with two attached hydrogens (primary N) is 1. The van der Waals surface area contributed by atoms with Crippen LogP contribution in [0.1, 0.15) is 30.9 Å². The lowest BCUT2D eigenvalue weighted by Gasteiger charge is -2.35. The zero-order chi connectivity index (χ0) is 26.1. The van der Waals surface area contributed by atoms with Crippen molar-refractivity contribution in [2.24, 2.45) is 0 Å². The number of rotatable bonds is 5. The lowest BCUT2D eigenvalue weighted by atomic mass is 10.00. The van der Waals surface area contributed by atoms with E-state index in [0.717, 1.165) is 43.0 Å². The fourth-order valence-corrected chi connectivity index (χ4v) is 5.10. The quantitative estimate of drug-likeness (QED) is 0.406. The third kappa shape index (κ3) is 4.80. The summed E-state index contributed by atoms with van der Waals surface area (Å²) >= 11 is 0. The molecule has 2 amide bonds. The van der Waals surface area contributed by atoms with Crippen LogP contribution >= 0.6 is 0 Å². The van der Waals surface area contributed by atoms with Gasteiger partial charge in [-0.25, -0.2) is 9.88 Å². The van der Waals surface area contributed by atoms with Gasteiger partial charge in [-0.1, -0.05) is 30.3 Å². The minimum atomic E-state index is -0.383. The van der Waals surface area contributed by atoms with Crippen LogP contribution in [0.25, 0.3) is 11.3 Å². The number of nitrogens with one attached hydrogen (secondary N) is 1. The summed E-state index contributed by atoms with van der Waals surface area (Å²) in [5.41, 5.74) is 10.2. The van der Waals surface area contributed by atoms with Crippen molar-refractivity contribution in [3.63, 3.8) is 0 Å². The van der Waals surface area contributed by atoms with Crippen molar-refractivity contribution in [3.05, 3.63) is 78.0 Å². The van der Waals surface area contributed by atoms with Crippen molar-refractivity contribution in [3.8, 4) is 0 Å². The molecule has 2 aliphatic rings. The lowest BCUT2D eigenvalue weighted by Crippen LogP contribution is -2.42.